The summed E-state index contributed by atoms with van der Waals surface area (Å²) >= 11 is 0. The Morgan fingerprint density at radius 1 is 1.62 bits per heavy atom. The number of hydrogen-bond donors (Lipinski definition) is 1. The summed E-state index contributed by atoms with van der Waals surface area (Å²) in [6.45, 7) is 3.34. The van der Waals surface area contributed by atoms with E-state index in [1.807, 2.05) is 6.92 Å². The first-order valence-electron chi connectivity index (χ1n) is 4.60. The summed E-state index contributed by atoms with van der Waals surface area (Å²) in [6.07, 6.45) is 1.12. The summed E-state index contributed by atoms with van der Waals surface area (Å²) in [5, 5.41) is 9.64. The Bertz CT molecular complexity index is 187. The van der Waals surface area contributed by atoms with Crippen LogP contribution in [-0.2, 0) is 9.53 Å². The molecule has 0 unspecified atom stereocenters. The molecule has 1 fully saturated rings. The van der Waals surface area contributed by atoms with Gasteiger partial charge in [0.05, 0.1) is 31.7 Å². The minimum absolute atomic E-state index is 0.0694. The average Bonchev–Trinajstić information content (AvgIpc) is 2.09. The minimum atomic E-state index is -0.622. The van der Waals surface area contributed by atoms with Crippen molar-refractivity contribution in [3.05, 3.63) is 0 Å². The van der Waals surface area contributed by atoms with Crippen molar-refractivity contribution >= 4 is 5.91 Å². The van der Waals surface area contributed by atoms with Crippen LogP contribution in [0.15, 0.2) is 0 Å². The molecule has 76 valence electrons. The number of rotatable bonds is 4. The molecule has 0 spiro atoms. The van der Waals surface area contributed by atoms with Crippen molar-refractivity contribution in [3.8, 4) is 0 Å². The Kier molecular flexibility index (Phi) is 3.27. The summed E-state index contributed by atoms with van der Waals surface area (Å²) in [7, 11) is 1.58. The van der Waals surface area contributed by atoms with Crippen LogP contribution < -0.4 is 0 Å². The zero-order valence-electron chi connectivity index (χ0n) is 8.25. The number of methoxy groups -OCH3 is 1. The van der Waals surface area contributed by atoms with E-state index in [1.54, 1.807) is 12.0 Å². The molecule has 0 aromatic heterocycles. The Morgan fingerprint density at radius 2 is 2.23 bits per heavy atom. The van der Waals surface area contributed by atoms with Crippen molar-refractivity contribution in [1.82, 2.24) is 4.90 Å². The lowest BCUT2D eigenvalue weighted by molar-refractivity contribution is -0.156. The Morgan fingerprint density at radius 3 is 2.69 bits per heavy atom. The number of aliphatic hydroxyl groups is 1. The van der Waals surface area contributed by atoms with Crippen LogP contribution in [0.3, 0.4) is 0 Å². The monoisotopic (exact) mass is 187 g/mol. The van der Waals surface area contributed by atoms with E-state index in [0.717, 1.165) is 0 Å². The highest BCUT2D eigenvalue weighted by Crippen LogP contribution is 2.24. The molecular weight excluding hydrogens is 170 g/mol. The van der Waals surface area contributed by atoms with Crippen molar-refractivity contribution in [2.45, 2.75) is 25.4 Å². The number of carbonyl (C=O) groups excluding carboxylic acids is 1. The third-order valence-electron chi connectivity index (χ3n) is 2.50. The van der Waals surface area contributed by atoms with Gasteiger partial charge in [0, 0.05) is 7.11 Å². The second kappa shape index (κ2) is 4.07. The molecule has 0 aliphatic carbocycles. The number of ether oxygens (including phenoxy) is 1. The lowest BCUT2D eigenvalue weighted by atomic mass is 9.91. The third kappa shape index (κ3) is 2.42. The van der Waals surface area contributed by atoms with Gasteiger partial charge in [-0.1, -0.05) is 6.92 Å². The average molecular weight is 187 g/mol. The number of likely N-dealkylation sites (tertiary alicyclic amines) is 1. The second-order valence-corrected chi connectivity index (χ2v) is 3.57. The zero-order chi connectivity index (χ0) is 9.90. The highest BCUT2D eigenvalue weighted by Gasteiger charge is 2.41. The van der Waals surface area contributed by atoms with Gasteiger partial charge in [-0.15, -0.1) is 0 Å². The lowest BCUT2D eigenvalue weighted by Gasteiger charge is -2.46. The first kappa shape index (κ1) is 10.5. The number of carbonyl (C=O) groups is 1. The summed E-state index contributed by atoms with van der Waals surface area (Å²) in [5.41, 5.74) is -0.622. The molecule has 0 bridgehead atoms. The fraction of sp³-hybridized carbons (Fsp3) is 0.889. The van der Waals surface area contributed by atoms with Crippen molar-refractivity contribution in [2.75, 3.05) is 26.8 Å². The van der Waals surface area contributed by atoms with Crippen molar-refractivity contribution in [1.29, 1.82) is 0 Å². The molecule has 0 aromatic rings. The number of hydrogen-bond acceptors (Lipinski definition) is 3. The van der Waals surface area contributed by atoms with Gasteiger partial charge in [0.1, 0.15) is 0 Å². The number of amides is 1. The molecule has 0 radical (unpaired) electrons. The fourth-order valence-corrected chi connectivity index (χ4v) is 1.41. The van der Waals surface area contributed by atoms with E-state index in [-0.39, 0.29) is 5.91 Å². The zero-order valence-corrected chi connectivity index (χ0v) is 8.25. The maximum atomic E-state index is 11.3. The van der Waals surface area contributed by atoms with Crippen LogP contribution in [0.4, 0.5) is 0 Å². The standard InChI is InChI=1S/C9H17NO3/c1-3-9(12)6-10(7-9)8(11)4-5-13-2/h12H,3-7H2,1-2H3. The Balaban J connectivity index is 2.23. The molecule has 0 atom stereocenters. The molecule has 1 aliphatic heterocycles. The first-order chi connectivity index (χ1) is 6.11. The van der Waals surface area contributed by atoms with E-state index in [4.69, 9.17) is 4.74 Å². The van der Waals surface area contributed by atoms with Gasteiger partial charge >= 0.3 is 0 Å². The molecule has 0 aromatic carbocycles. The van der Waals surface area contributed by atoms with E-state index < -0.39 is 5.60 Å². The minimum Gasteiger partial charge on any atom is -0.386 e. The smallest absolute Gasteiger partial charge is 0.225 e. The quantitative estimate of drug-likeness (QED) is 0.674. The van der Waals surface area contributed by atoms with E-state index in [9.17, 15) is 9.90 Å². The summed E-state index contributed by atoms with van der Waals surface area (Å²) < 4.78 is 4.80. The van der Waals surface area contributed by atoms with Gasteiger partial charge in [0.2, 0.25) is 5.91 Å². The molecule has 13 heavy (non-hydrogen) atoms. The third-order valence-corrected chi connectivity index (χ3v) is 2.50. The van der Waals surface area contributed by atoms with Crippen molar-refractivity contribution in [2.24, 2.45) is 0 Å². The van der Waals surface area contributed by atoms with Crippen LogP contribution in [0.25, 0.3) is 0 Å². The highest BCUT2D eigenvalue weighted by atomic mass is 16.5. The molecule has 1 amide bonds. The van der Waals surface area contributed by atoms with Gasteiger partial charge in [-0.3, -0.25) is 4.79 Å². The largest absolute Gasteiger partial charge is 0.386 e. The van der Waals surface area contributed by atoms with E-state index in [0.29, 0.717) is 32.5 Å². The predicted octanol–water partition coefficient (Wildman–Crippen LogP) is 0.00620. The van der Waals surface area contributed by atoms with Gasteiger partial charge in [-0.2, -0.15) is 0 Å². The Labute approximate surface area is 78.5 Å². The lowest BCUT2D eigenvalue weighted by Crippen LogP contribution is -2.63. The molecule has 4 nitrogen and oxygen atoms in total. The highest BCUT2D eigenvalue weighted by molar-refractivity contribution is 5.77. The number of nitrogens with zero attached hydrogens (tertiary/aromatic N) is 1. The first-order valence-corrected chi connectivity index (χ1v) is 4.60. The molecule has 1 saturated heterocycles. The second-order valence-electron chi connectivity index (χ2n) is 3.57. The van der Waals surface area contributed by atoms with Crippen LogP contribution in [0.5, 0.6) is 0 Å². The van der Waals surface area contributed by atoms with E-state index in [1.165, 1.54) is 0 Å². The van der Waals surface area contributed by atoms with Gasteiger partial charge in [-0.25, -0.2) is 0 Å². The van der Waals surface area contributed by atoms with Crippen LogP contribution in [0, 0.1) is 0 Å². The van der Waals surface area contributed by atoms with Gasteiger partial charge in [0.25, 0.3) is 0 Å². The van der Waals surface area contributed by atoms with Gasteiger partial charge < -0.3 is 14.7 Å². The summed E-state index contributed by atoms with van der Waals surface area (Å²) in [5.74, 6) is 0.0694. The normalized spacial score (nSPS) is 19.8. The van der Waals surface area contributed by atoms with E-state index >= 15 is 0 Å². The molecule has 1 heterocycles. The topological polar surface area (TPSA) is 49.8 Å². The van der Waals surface area contributed by atoms with Gasteiger partial charge in [-0.05, 0) is 6.42 Å². The van der Waals surface area contributed by atoms with Gasteiger partial charge in [0.15, 0.2) is 0 Å². The molecule has 4 heteroatoms. The fourth-order valence-electron chi connectivity index (χ4n) is 1.41. The van der Waals surface area contributed by atoms with Crippen LogP contribution in [0.1, 0.15) is 19.8 Å². The molecule has 1 aliphatic rings. The molecule has 1 rings (SSSR count). The van der Waals surface area contributed by atoms with Crippen molar-refractivity contribution < 1.29 is 14.6 Å². The maximum absolute atomic E-state index is 11.3. The van der Waals surface area contributed by atoms with Crippen LogP contribution in [-0.4, -0.2) is 48.3 Å². The van der Waals surface area contributed by atoms with Crippen molar-refractivity contribution in [3.63, 3.8) is 0 Å². The SMILES string of the molecule is CCC1(O)CN(C(=O)CCOC)C1. The molecular formula is C9H17NO3. The summed E-state index contributed by atoms with van der Waals surface area (Å²) in [4.78, 5) is 13.0. The molecule has 1 N–H and O–H groups in total. The Hall–Kier alpha value is -0.610. The van der Waals surface area contributed by atoms with Crippen LogP contribution >= 0.6 is 0 Å². The summed E-state index contributed by atoms with van der Waals surface area (Å²) in [6, 6.07) is 0. The maximum Gasteiger partial charge on any atom is 0.225 e. The number of β-amino-alcohol motifs (C(OH)–C–C–N with tert-alkyl or cyclic N) is 1. The molecule has 0 saturated carbocycles. The van der Waals surface area contributed by atoms with Crippen LogP contribution in [0.2, 0.25) is 0 Å². The van der Waals surface area contributed by atoms with E-state index in [2.05, 4.69) is 0 Å². The predicted molar refractivity (Wildman–Crippen MR) is 48.3 cm³/mol.